The lowest BCUT2D eigenvalue weighted by Gasteiger charge is -2.14. The topological polar surface area (TPSA) is 83.1 Å². The Bertz CT molecular complexity index is 819. The number of hydrogen-bond acceptors (Lipinski definition) is 6. The van der Waals surface area contributed by atoms with Crippen LogP contribution in [0.1, 0.15) is 12.5 Å². The van der Waals surface area contributed by atoms with Gasteiger partial charge in [0.25, 0.3) is 5.91 Å². The summed E-state index contributed by atoms with van der Waals surface area (Å²) in [5.41, 5.74) is 1.28. The SMILES string of the molecule is COc1cccc(CC(=O)O[C@@H](C)C(=O)Nc2ccc3c(c2)OCO3)c1. The van der Waals surface area contributed by atoms with Crippen molar-refractivity contribution in [3.05, 3.63) is 48.0 Å². The number of hydrogen-bond donors (Lipinski definition) is 1. The number of carbonyl (C=O) groups is 2. The Morgan fingerprint density at radius 1 is 1.15 bits per heavy atom. The molecule has 136 valence electrons. The van der Waals surface area contributed by atoms with Gasteiger partial charge in [0.2, 0.25) is 6.79 Å². The molecule has 0 saturated heterocycles. The van der Waals surface area contributed by atoms with Crippen molar-refractivity contribution in [2.75, 3.05) is 19.2 Å². The number of anilines is 1. The van der Waals surface area contributed by atoms with Gasteiger partial charge in [-0.05, 0) is 36.8 Å². The maximum atomic E-state index is 12.2. The molecule has 1 N–H and O–H groups in total. The molecule has 1 amide bonds. The van der Waals surface area contributed by atoms with Crippen LogP contribution in [0.25, 0.3) is 0 Å². The van der Waals surface area contributed by atoms with Gasteiger partial charge >= 0.3 is 5.97 Å². The average molecular weight is 357 g/mol. The summed E-state index contributed by atoms with van der Waals surface area (Å²) < 4.78 is 20.8. The molecule has 1 aliphatic heterocycles. The monoisotopic (exact) mass is 357 g/mol. The first kappa shape index (κ1) is 17.6. The highest BCUT2D eigenvalue weighted by Gasteiger charge is 2.20. The van der Waals surface area contributed by atoms with E-state index in [0.717, 1.165) is 5.56 Å². The summed E-state index contributed by atoms with van der Waals surface area (Å²) in [5, 5.41) is 2.69. The largest absolute Gasteiger partial charge is 0.497 e. The Morgan fingerprint density at radius 2 is 1.96 bits per heavy atom. The quantitative estimate of drug-likeness (QED) is 0.800. The summed E-state index contributed by atoms with van der Waals surface area (Å²) in [6.45, 7) is 1.68. The summed E-state index contributed by atoms with van der Waals surface area (Å²) in [6.07, 6.45) is -0.878. The molecule has 0 saturated carbocycles. The number of amides is 1. The van der Waals surface area contributed by atoms with Crippen LogP contribution in [0.4, 0.5) is 5.69 Å². The third-order valence-electron chi connectivity index (χ3n) is 3.80. The van der Waals surface area contributed by atoms with Gasteiger partial charge in [-0.3, -0.25) is 9.59 Å². The standard InChI is InChI=1S/C19H19NO6/c1-12(26-18(21)9-13-4-3-5-15(8-13)23-2)19(22)20-14-6-7-16-17(10-14)25-11-24-16/h3-8,10,12H,9,11H2,1-2H3,(H,20,22)/t12-/m0/s1. The minimum Gasteiger partial charge on any atom is -0.497 e. The van der Waals surface area contributed by atoms with Crippen LogP contribution in [0.2, 0.25) is 0 Å². The minimum absolute atomic E-state index is 0.0544. The average Bonchev–Trinajstić information content (AvgIpc) is 3.09. The van der Waals surface area contributed by atoms with Crippen LogP contribution in [0.3, 0.4) is 0 Å². The molecule has 26 heavy (non-hydrogen) atoms. The lowest BCUT2D eigenvalue weighted by atomic mass is 10.1. The van der Waals surface area contributed by atoms with Crippen molar-refractivity contribution >= 4 is 17.6 Å². The molecule has 3 rings (SSSR count). The first-order valence-electron chi connectivity index (χ1n) is 8.08. The molecule has 7 heteroatoms. The van der Waals surface area contributed by atoms with Crippen molar-refractivity contribution in [1.29, 1.82) is 0 Å². The molecule has 0 bridgehead atoms. The van der Waals surface area contributed by atoms with Crippen LogP contribution >= 0.6 is 0 Å². The molecule has 0 radical (unpaired) electrons. The number of nitrogens with one attached hydrogen (secondary N) is 1. The lowest BCUT2D eigenvalue weighted by Crippen LogP contribution is -2.30. The Hall–Kier alpha value is -3.22. The summed E-state index contributed by atoms with van der Waals surface area (Å²) in [7, 11) is 1.56. The van der Waals surface area contributed by atoms with Crippen LogP contribution < -0.4 is 19.5 Å². The molecule has 1 atom stereocenters. The normalized spacial score (nSPS) is 13.0. The second kappa shape index (κ2) is 7.77. The van der Waals surface area contributed by atoms with E-state index in [1.165, 1.54) is 6.92 Å². The molecule has 1 aliphatic rings. The zero-order chi connectivity index (χ0) is 18.5. The van der Waals surface area contributed by atoms with Gasteiger partial charge in [0.05, 0.1) is 13.5 Å². The molecule has 2 aromatic rings. The van der Waals surface area contributed by atoms with Gasteiger partial charge in [0.15, 0.2) is 17.6 Å². The molecule has 0 spiro atoms. The minimum atomic E-state index is -0.932. The van der Waals surface area contributed by atoms with Crippen molar-refractivity contribution in [3.8, 4) is 17.2 Å². The summed E-state index contributed by atoms with van der Waals surface area (Å²) in [6, 6.07) is 12.2. The molecular formula is C19H19NO6. The van der Waals surface area contributed by atoms with Gasteiger partial charge in [0, 0.05) is 11.8 Å². The smallest absolute Gasteiger partial charge is 0.311 e. The first-order chi connectivity index (χ1) is 12.5. The van der Waals surface area contributed by atoms with Crippen molar-refractivity contribution in [1.82, 2.24) is 0 Å². The van der Waals surface area contributed by atoms with Crippen molar-refractivity contribution in [2.45, 2.75) is 19.4 Å². The predicted octanol–water partition coefficient (Wildman–Crippen LogP) is 2.54. The van der Waals surface area contributed by atoms with Crippen LogP contribution in [-0.4, -0.2) is 31.9 Å². The van der Waals surface area contributed by atoms with E-state index in [-0.39, 0.29) is 13.2 Å². The van der Waals surface area contributed by atoms with Crippen LogP contribution in [0.15, 0.2) is 42.5 Å². The Labute approximate surface area is 150 Å². The van der Waals surface area contributed by atoms with E-state index in [1.54, 1.807) is 49.6 Å². The van der Waals surface area contributed by atoms with Crippen LogP contribution in [-0.2, 0) is 20.7 Å². The number of fused-ring (bicyclic) bond motifs is 1. The van der Waals surface area contributed by atoms with Gasteiger partial charge < -0.3 is 24.3 Å². The summed E-state index contributed by atoms with van der Waals surface area (Å²) in [5.74, 6) is 0.921. The predicted molar refractivity (Wildman–Crippen MR) is 93.4 cm³/mol. The fourth-order valence-electron chi connectivity index (χ4n) is 2.46. The summed E-state index contributed by atoms with van der Waals surface area (Å²) in [4.78, 5) is 24.3. The number of carbonyl (C=O) groups excluding carboxylic acids is 2. The van der Waals surface area contributed by atoms with Crippen LogP contribution in [0, 0.1) is 0 Å². The Morgan fingerprint density at radius 3 is 2.77 bits per heavy atom. The molecule has 2 aromatic carbocycles. The van der Waals surface area contributed by atoms with E-state index in [1.807, 2.05) is 0 Å². The van der Waals surface area contributed by atoms with Crippen molar-refractivity contribution in [3.63, 3.8) is 0 Å². The van der Waals surface area contributed by atoms with E-state index in [4.69, 9.17) is 18.9 Å². The van der Waals surface area contributed by atoms with E-state index in [9.17, 15) is 9.59 Å². The Balaban J connectivity index is 1.54. The van der Waals surface area contributed by atoms with E-state index >= 15 is 0 Å². The van der Waals surface area contributed by atoms with Gasteiger partial charge in [-0.25, -0.2) is 0 Å². The van der Waals surface area contributed by atoms with Gasteiger partial charge in [0.1, 0.15) is 5.75 Å². The molecule has 1 heterocycles. The van der Waals surface area contributed by atoms with E-state index in [0.29, 0.717) is 22.9 Å². The highest BCUT2D eigenvalue weighted by atomic mass is 16.7. The zero-order valence-electron chi connectivity index (χ0n) is 14.5. The number of ether oxygens (including phenoxy) is 4. The molecule has 7 nitrogen and oxygen atoms in total. The van der Waals surface area contributed by atoms with Gasteiger partial charge in [-0.15, -0.1) is 0 Å². The molecule has 0 unspecified atom stereocenters. The molecule has 0 aliphatic carbocycles. The number of benzene rings is 2. The number of methoxy groups -OCH3 is 1. The zero-order valence-corrected chi connectivity index (χ0v) is 14.5. The second-order valence-corrected chi connectivity index (χ2v) is 5.72. The highest BCUT2D eigenvalue weighted by Crippen LogP contribution is 2.34. The van der Waals surface area contributed by atoms with E-state index in [2.05, 4.69) is 5.32 Å². The van der Waals surface area contributed by atoms with Crippen molar-refractivity contribution in [2.24, 2.45) is 0 Å². The third-order valence-corrected chi connectivity index (χ3v) is 3.80. The molecular weight excluding hydrogens is 338 g/mol. The maximum absolute atomic E-state index is 12.2. The number of rotatable bonds is 6. The van der Waals surface area contributed by atoms with Crippen molar-refractivity contribution < 1.29 is 28.5 Å². The number of esters is 1. The van der Waals surface area contributed by atoms with Crippen LogP contribution in [0.5, 0.6) is 17.2 Å². The third kappa shape index (κ3) is 4.24. The van der Waals surface area contributed by atoms with Gasteiger partial charge in [-0.1, -0.05) is 12.1 Å². The highest BCUT2D eigenvalue weighted by molar-refractivity contribution is 5.95. The second-order valence-electron chi connectivity index (χ2n) is 5.72. The van der Waals surface area contributed by atoms with Gasteiger partial charge in [-0.2, -0.15) is 0 Å². The summed E-state index contributed by atoms with van der Waals surface area (Å²) >= 11 is 0. The maximum Gasteiger partial charge on any atom is 0.311 e. The first-order valence-corrected chi connectivity index (χ1v) is 8.08. The lowest BCUT2D eigenvalue weighted by molar-refractivity contribution is -0.152. The Kier molecular flexibility index (Phi) is 5.26. The fraction of sp³-hybridized carbons (Fsp3) is 0.263. The molecule has 0 aromatic heterocycles. The fourth-order valence-corrected chi connectivity index (χ4v) is 2.46. The van der Waals surface area contributed by atoms with E-state index < -0.39 is 18.0 Å². The molecule has 0 fully saturated rings.